The number of carbonyl (C=O) groups is 1. The van der Waals surface area contributed by atoms with Gasteiger partial charge in [0.25, 0.3) is 0 Å². The molecule has 0 bridgehead atoms. The van der Waals surface area contributed by atoms with Gasteiger partial charge in [-0.05, 0) is 24.5 Å². The van der Waals surface area contributed by atoms with Crippen LogP contribution in [-0.2, 0) is 22.6 Å². The van der Waals surface area contributed by atoms with Gasteiger partial charge in [-0.3, -0.25) is 4.79 Å². The minimum Gasteiger partial charge on any atom is -0.508 e. The molecule has 1 aromatic carbocycles. The molecule has 23 heavy (non-hydrogen) atoms. The summed E-state index contributed by atoms with van der Waals surface area (Å²) in [5, 5.41) is 11.4. The maximum absolute atomic E-state index is 10.9. The molecule has 0 fully saturated rings. The highest BCUT2D eigenvalue weighted by molar-refractivity contribution is 5.65. The van der Waals surface area contributed by atoms with E-state index in [1.165, 1.54) is 62.5 Å². The average Bonchev–Trinajstić information content (AvgIpc) is 2.48. The van der Waals surface area contributed by atoms with Crippen molar-refractivity contribution in [3.05, 3.63) is 29.3 Å². The van der Waals surface area contributed by atoms with Crippen LogP contribution in [0.4, 0.5) is 0 Å². The summed E-state index contributed by atoms with van der Waals surface area (Å²) in [7, 11) is 1.68. The number of aryl methyl sites for hydroxylation is 1. The Balaban J connectivity index is 2.39. The lowest BCUT2D eigenvalue weighted by atomic mass is 10.0. The lowest BCUT2D eigenvalue weighted by molar-refractivity contribution is -0.183. The molecule has 1 rings (SSSR count). The molecule has 1 aromatic rings. The minimum atomic E-state index is -0.355. The van der Waals surface area contributed by atoms with Crippen LogP contribution in [0, 0.1) is 0 Å². The first-order valence-electron chi connectivity index (χ1n) is 8.73. The highest BCUT2D eigenvalue weighted by atomic mass is 16.7. The molecule has 0 amide bonds. The Kier molecular flexibility index (Phi) is 9.37. The van der Waals surface area contributed by atoms with E-state index < -0.39 is 0 Å². The second-order valence-electron chi connectivity index (χ2n) is 6.20. The van der Waals surface area contributed by atoms with Crippen LogP contribution < -0.4 is 0 Å². The van der Waals surface area contributed by atoms with Crippen LogP contribution in [0.2, 0.25) is 0 Å². The van der Waals surface area contributed by atoms with E-state index in [9.17, 15) is 9.90 Å². The fraction of sp³-hybridized carbons (Fsp3) is 0.632. The number of phenolic OH excluding ortho intramolecular Hbond substituents is 1. The van der Waals surface area contributed by atoms with Crippen LogP contribution in [0.25, 0.3) is 0 Å². The van der Waals surface area contributed by atoms with Gasteiger partial charge in [0, 0.05) is 19.5 Å². The zero-order chi connectivity index (χ0) is 17.1. The molecular formula is C19H31NO3. The Morgan fingerprint density at radius 1 is 1.13 bits per heavy atom. The number of unbranched alkanes of at least 4 members (excludes halogenated alkanes) is 6. The molecule has 0 unspecified atom stereocenters. The fourth-order valence-corrected chi connectivity index (χ4v) is 2.70. The van der Waals surface area contributed by atoms with Gasteiger partial charge in [0.1, 0.15) is 5.75 Å². The lowest BCUT2D eigenvalue weighted by Gasteiger charge is -2.16. The Morgan fingerprint density at radius 2 is 1.78 bits per heavy atom. The van der Waals surface area contributed by atoms with Crippen LogP contribution >= 0.6 is 0 Å². The van der Waals surface area contributed by atoms with E-state index in [0.717, 1.165) is 12.0 Å². The van der Waals surface area contributed by atoms with Crippen LogP contribution in [0.15, 0.2) is 18.2 Å². The number of carbonyl (C=O) groups excluding carboxylic acids is 1. The van der Waals surface area contributed by atoms with E-state index >= 15 is 0 Å². The van der Waals surface area contributed by atoms with Crippen LogP contribution in [0.1, 0.15) is 69.9 Å². The van der Waals surface area contributed by atoms with Gasteiger partial charge in [0.15, 0.2) is 0 Å². The molecule has 0 saturated carbocycles. The normalized spacial score (nSPS) is 11.0. The zero-order valence-electron chi connectivity index (χ0n) is 14.8. The molecule has 0 spiro atoms. The monoisotopic (exact) mass is 321 g/mol. The van der Waals surface area contributed by atoms with Gasteiger partial charge in [-0.1, -0.05) is 57.6 Å². The van der Waals surface area contributed by atoms with Crippen molar-refractivity contribution in [3.63, 3.8) is 0 Å². The third-order valence-corrected chi connectivity index (χ3v) is 3.89. The number of hydrogen-bond donors (Lipinski definition) is 1. The van der Waals surface area contributed by atoms with Gasteiger partial charge in [-0.15, -0.1) is 5.06 Å². The molecule has 0 aliphatic rings. The van der Waals surface area contributed by atoms with Crippen LogP contribution in [0.5, 0.6) is 5.75 Å². The van der Waals surface area contributed by atoms with E-state index in [-0.39, 0.29) is 11.7 Å². The smallest absolute Gasteiger partial charge is 0.322 e. The molecule has 130 valence electrons. The molecule has 4 nitrogen and oxygen atoms in total. The predicted molar refractivity (Wildman–Crippen MR) is 93.0 cm³/mol. The first-order valence-corrected chi connectivity index (χ1v) is 8.73. The second kappa shape index (κ2) is 11.1. The van der Waals surface area contributed by atoms with Crippen molar-refractivity contribution in [1.29, 1.82) is 0 Å². The van der Waals surface area contributed by atoms with Crippen molar-refractivity contribution in [1.82, 2.24) is 5.06 Å². The van der Waals surface area contributed by atoms with E-state index in [0.29, 0.717) is 6.54 Å². The maximum atomic E-state index is 10.9. The summed E-state index contributed by atoms with van der Waals surface area (Å²) in [6.45, 7) is 3.99. The number of nitrogens with zero attached hydrogens (tertiary/aromatic N) is 1. The summed E-state index contributed by atoms with van der Waals surface area (Å²) in [6, 6.07) is 5.71. The summed E-state index contributed by atoms with van der Waals surface area (Å²) in [5.74, 6) is -0.112. The molecule has 0 aromatic heterocycles. The van der Waals surface area contributed by atoms with Crippen molar-refractivity contribution in [2.45, 2.75) is 71.8 Å². The maximum Gasteiger partial charge on any atom is 0.322 e. The molecule has 0 heterocycles. The summed E-state index contributed by atoms with van der Waals surface area (Å²) >= 11 is 0. The van der Waals surface area contributed by atoms with Gasteiger partial charge >= 0.3 is 5.97 Å². The molecule has 0 saturated heterocycles. The third-order valence-electron chi connectivity index (χ3n) is 3.89. The molecule has 1 N–H and O–H groups in total. The Morgan fingerprint density at radius 3 is 2.43 bits per heavy atom. The van der Waals surface area contributed by atoms with E-state index in [1.54, 1.807) is 13.1 Å². The molecule has 0 radical (unpaired) electrons. The summed E-state index contributed by atoms with van der Waals surface area (Å²) < 4.78 is 0. The Labute approximate surface area is 140 Å². The number of rotatable bonds is 11. The highest BCUT2D eigenvalue weighted by Gasteiger charge is 2.09. The van der Waals surface area contributed by atoms with Crippen molar-refractivity contribution < 1.29 is 14.7 Å². The number of hydroxylamine groups is 2. The fourth-order valence-electron chi connectivity index (χ4n) is 2.70. The van der Waals surface area contributed by atoms with E-state index in [2.05, 4.69) is 6.92 Å². The van der Waals surface area contributed by atoms with Gasteiger partial charge in [-0.25, -0.2) is 0 Å². The van der Waals surface area contributed by atoms with E-state index in [4.69, 9.17) is 4.84 Å². The van der Waals surface area contributed by atoms with Crippen LogP contribution in [-0.4, -0.2) is 23.2 Å². The summed E-state index contributed by atoms with van der Waals surface area (Å²) in [4.78, 5) is 15.9. The number of phenols is 1. The van der Waals surface area contributed by atoms with Gasteiger partial charge in [0.05, 0.1) is 6.54 Å². The van der Waals surface area contributed by atoms with Gasteiger partial charge < -0.3 is 9.94 Å². The third kappa shape index (κ3) is 8.60. The standard InChI is InChI=1S/C19H31NO3/c1-4-5-6-7-8-9-10-11-17-12-13-19(22)18(14-17)15-20(3)23-16(2)21/h12-14,22H,4-11,15H2,1-3H3. The first kappa shape index (κ1) is 19.5. The van der Waals surface area contributed by atoms with Gasteiger partial charge in [-0.2, -0.15) is 0 Å². The number of aromatic hydroxyl groups is 1. The largest absolute Gasteiger partial charge is 0.508 e. The molecule has 0 aliphatic heterocycles. The van der Waals surface area contributed by atoms with Gasteiger partial charge in [0.2, 0.25) is 0 Å². The van der Waals surface area contributed by atoms with Crippen LogP contribution in [0.3, 0.4) is 0 Å². The summed E-state index contributed by atoms with van der Waals surface area (Å²) in [5.41, 5.74) is 2.01. The van der Waals surface area contributed by atoms with Crippen molar-refractivity contribution in [3.8, 4) is 5.75 Å². The Hall–Kier alpha value is -1.55. The topological polar surface area (TPSA) is 49.8 Å². The first-order chi connectivity index (χ1) is 11.0. The number of benzene rings is 1. The molecule has 0 atom stereocenters. The van der Waals surface area contributed by atoms with Crippen molar-refractivity contribution >= 4 is 5.97 Å². The quantitative estimate of drug-likeness (QED) is 0.478. The lowest BCUT2D eigenvalue weighted by Crippen LogP contribution is -2.21. The summed E-state index contributed by atoms with van der Waals surface area (Å²) in [6.07, 6.45) is 10.1. The zero-order valence-corrected chi connectivity index (χ0v) is 14.8. The van der Waals surface area contributed by atoms with Crippen molar-refractivity contribution in [2.24, 2.45) is 0 Å². The molecule has 0 aliphatic carbocycles. The molecular weight excluding hydrogens is 290 g/mol. The minimum absolute atomic E-state index is 0.243. The number of hydrogen-bond acceptors (Lipinski definition) is 4. The highest BCUT2D eigenvalue weighted by Crippen LogP contribution is 2.21. The van der Waals surface area contributed by atoms with Crippen molar-refractivity contribution in [2.75, 3.05) is 7.05 Å². The van der Waals surface area contributed by atoms with E-state index in [1.807, 2.05) is 12.1 Å². The SMILES string of the molecule is CCCCCCCCCc1ccc(O)c(CN(C)OC(C)=O)c1. The Bertz CT molecular complexity index is 474. The predicted octanol–water partition coefficient (Wildman–Crippen LogP) is 4.60. The molecule has 4 heteroatoms. The second-order valence-corrected chi connectivity index (χ2v) is 6.20. The average molecular weight is 321 g/mol.